The van der Waals surface area contributed by atoms with Crippen molar-refractivity contribution in [1.29, 1.82) is 5.26 Å². The Bertz CT molecular complexity index is 1130. The fourth-order valence-corrected chi connectivity index (χ4v) is 4.48. The van der Waals surface area contributed by atoms with Crippen LogP contribution in [0, 0.1) is 11.3 Å². The topological polar surface area (TPSA) is 90.7 Å². The maximum Gasteiger partial charge on any atom is 0.573 e. The Kier molecular flexibility index (Phi) is 6.86. The highest BCUT2D eigenvalue weighted by molar-refractivity contribution is 7.89. The van der Waals surface area contributed by atoms with E-state index in [1.165, 1.54) is 15.3 Å². The Hall–Kier alpha value is -3.36. The molecule has 0 aromatic heterocycles. The van der Waals surface area contributed by atoms with Crippen LogP contribution in [0.2, 0.25) is 0 Å². The minimum absolute atomic E-state index is 0.0551. The lowest BCUT2D eigenvalue weighted by Crippen LogP contribution is -2.50. The van der Waals surface area contributed by atoms with Crippen molar-refractivity contribution in [3.8, 4) is 11.8 Å². The first-order chi connectivity index (χ1) is 15.1. The third-order valence-electron chi connectivity index (χ3n) is 4.70. The third kappa shape index (κ3) is 5.87. The van der Waals surface area contributed by atoms with Crippen LogP contribution < -0.4 is 4.74 Å². The van der Waals surface area contributed by atoms with Gasteiger partial charge in [-0.25, -0.2) is 8.42 Å². The first-order valence-electron chi connectivity index (χ1n) is 9.41. The van der Waals surface area contributed by atoms with Crippen molar-refractivity contribution in [3.05, 3.63) is 65.7 Å². The van der Waals surface area contributed by atoms with Crippen LogP contribution >= 0.6 is 0 Å². The van der Waals surface area contributed by atoms with Gasteiger partial charge in [0.15, 0.2) is 0 Å². The number of rotatable bonds is 5. The number of benzene rings is 2. The van der Waals surface area contributed by atoms with E-state index in [1.807, 2.05) is 6.07 Å². The Morgan fingerprint density at radius 1 is 1.00 bits per heavy atom. The highest BCUT2D eigenvalue weighted by Gasteiger charge is 2.32. The van der Waals surface area contributed by atoms with Crippen molar-refractivity contribution in [2.75, 3.05) is 26.2 Å². The van der Waals surface area contributed by atoms with E-state index in [0.29, 0.717) is 5.56 Å². The summed E-state index contributed by atoms with van der Waals surface area (Å²) in [6.07, 6.45) is -1.88. The normalized spacial score (nSPS) is 15.5. The van der Waals surface area contributed by atoms with Gasteiger partial charge in [-0.2, -0.15) is 9.57 Å². The van der Waals surface area contributed by atoms with Gasteiger partial charge in [-0.3, -0.25) is 4.79 Å². The zero-order valence-corrected chi connectivity index (χ0v) is 17.4. The number of carbonyl (C=O) groups is 1. The zero-order chi connectivity index (χ0) is 23.4. The molecule has 0 spiro atoms. The van der Waals surface area contributed by atoms with Crippen LogP contribution in [-0.2, 0) is 14.8 Å². The molecule has 0 saturated carbocycles. The van der Waals surface area contributed by atoms with Crippen molar-refractivity contribution >= 4 is 22.0 Å². The minimum Gasteiger partial charge on any atom is -0.406 e. The second-order valence-corrected chi connectivity index (χ2v) is 8.75. The first kappa shape index (κ1) is 23.3. The molecule has 11 heteroatoms. The number of amides is 1. The molecular formula is C21H18F3N3O4S. The molecule has 0 N–H and O–H groups in total. The van der Waals surface area contributed by atoms with Crippen LogP contribution in [0.1, 0.15) is 11.1 Å². The van der Waals surface area contributed by atoms with Gasteiger partial charge in [0.1, 0.15) is 5.75 Å². The summed E-state index contributed by atoms with van der Waals surface area (Å²) in [4.78, 5) is 13.7. The Morgan fingerprint density at radius 3 is 2.12 bits per heavy atom. The quantitative estimate of drug-likeness (QED) is 0.634. The number of hydrogen-bond acceptors (Lipinski definition) is 5. The van der Waals surface area contributed by atoms with Crippen LogP contribution in [-0.4, -0.2) is 56.1 Å². The highest BCUT2D eigenvalue weighted by atomic mass is 32.2. The van der Waals surface area contributed by atoms with Gasteiger partial charge in [-0.05, 0) is 48.0 Å². The molecule has 1 fully saturated rings. The molecule has 1 aliphatic rings. The average Bonchev–Trinajstić information content (AvgIpc) is 2.77. The summed E-state index contributed by atoms with van der Waals surface area (Å²) in [6.45, 7) is 0.454. The van der Waals surface area contributed by atoms with Crippen molar-refractivity contribution in [2.24, 2.45) is 0 Å². The van der Waals surface area contributed by atoms with E-state index in [1.54, 1.807) is 30.3 Å². The molecule has 1 aliphatic heterocycles. The smallest absolute Gasteiger partial charge is 0.406 e. The Morgan fingerprint density at radius 2 is 1.59 bits per heavy atom. The summed E-state index contributed by atoms with van der Waals surface area (Å²) in [6, 6.07) is 12.7. The first-order valence-corrected chi connectivity index (χ1v) is 10.9. The predicted molar refractivity (Wildman–Crippen MR) is 109 cm³/mol. The number of nitrogens with zero attached hydrogens (tertiary/aromatic N) is 3. The molecule has 0 radical (unpaired) electrons. The minimum atomic E-state index is -4.86. The van der Waals surface area contributed by atoms with Gasteiger partial charge in [0.25, 0.3) is 0 Å². The van der Waals surface area contributed by atoms with E-state index in [2.05, 4.69) is 4.74 Å². The lowest BCUT2D eigenvalue weighted by atomic mass is 10.1. The third-order valence-corrected chi connectivity index (χ3v) is 6.62. The van der Waals surface area contributed by atoms with Gasteiger partial charge in [0.05, 0.1) is 16.5 Å². The molecule has 0 aliphatic carbocycles. The molecule has 1 amide bonds. The molecule has 168 valence electrons. The second kappa shape index (κ2) is 9.42. The number of hydrogen-bond donors (Lipinski definition) is 0. The predicted octanol–water partition coefficient (Wildman–Crippen LogP) is 3.00. The molecule has 32 heavy (non-hydrogen) atoms. The van der Waals surface area contributed by atoms with Gasteiger partial charge in [-0.1, -0.05) is 12.1 Å². The summed E-state index contributed by atoms with van der Waals surface area (Å²) < 4.78 is 67.2. The number of carbonyl (C=O) groups excluding carboxylic acids is 1. The molecule has 3 rings (SSSR count). The van der Waals surface area contributed by atoms with Gasteiger partial charge >= 0.3 is 6.36 Å². The molecule has 2 aromatic rings. The Balaban J connectivity index is 1.58. The maximum absolute atomic E-state index is 12.7. The van der Waals surface area contributed by atoms with Crippen molar-refractivity contribution in [2.45, 2.75) is 11.3 Å². The number of alkyl halides is 3. The SMILES string of the molecule is N#Cc1ccc(/C=C/C(=O)N2CCN(S(=O)(=O)c3ccc(OC(F)(F)F)cc3)CC2)cc1. The monoisotopic (exact) mass is 465 g/mol. The van der Waals surface area contributed by atoms with Gasteiger partial charge in [-0.15, -0.1) is 13.2 Å². The van der Waals surface area contributed by atoms with Crippen LogP contribution in [0.4, 0.5) is 13.2 Å². The summed E-state index contributed by atoms with van der Waals surface area (Å²) in [5.74, 6) is -0.791. The summed E-state index contributed by atoms with van der Waals surface area (Å²) in [5.41, 5.74) is 1.25. The highest BCUT2D eigenvalue weighted by Crippen LogP contribution is 2.25. The zero-order valence-electron chi connectivity index (χ0n) is 16.6. The Labute approximate surface area is 183 Å². The molecule has 1 heterocycles. The van der Waals surface area contributed by atoms with E-state index < -0.39 is 22.1 Å². The van der Waals surface area contributed by atoms with E-state index in [4.69, 9.17) is 5.26 Å². The summed E-state index contributed by atoms with van der Waals surface area (Å²) in [7, 11) is -3.92. The number of sulfonamides is 1. The molecule has 0 atom stereocenters. The standard InChI is InChI=1S/C21H18F3N3O4S/c22-21(23,24)31-18-6-8-19(9-7-18)32(29,30)27-13-11-26(12-14-27)20(28)10-5-16-1-3-17(15-25)4-2-16/h1-10H,11-14H2/b10-5+. The molecule has 7 nitrogen and oxygen atoms in total. The molecular weight excluding hydrogens is 447 g/mol. The summed E-state index contributed by atoms with van der Waals surface area (Å²) >= 11 is 0. The van der Waals surface area contributed by atoms with Crippen molar-refractivity contribution in [3.63, 3.8) is 0 Å². The van der Waals surface area contributed by atoms with Crippen LogP contribution in [0.3, 0.4) is 0 Å². The van der Waals surface area contributed by atoms with E-state index >= 15 is 0 Å². The number of ether oxygens (including phenoxy) is 1. The largest absolute Gasteiger partial charge is 0.573 e. The summed E-state index contributed by atoms with van der Waals surface area (Å²) in [5, 5.41) is 8.80. The lowest BCUT2D eigenvalue weighted by Gasteiger charge is -2.33. The van der Waals surface area contributed by atoms with Gasteiger partial charge in [0.2, 0.25) is 15.9 Å². The molecule has 0 bridgehead atoms. The van der Waals surface area contributed by atoms with Gasteiger partial charge < -0.3 is 9.64 Å². The van der Waals surface area contributed by atoms with E-state index in [0.717, 1.165) is 29.8 Å². The second-order valence-electron chi connectivity index (χ2n) is 6.82. The average molecular weight is 465 g/mol. The van der Waals surface area contributed by atoms with Crippen LogP contribution in [0.5, 0.6) is 5.75 Å². The maximum atomic E-state index is 12.7. The molecule has 0 unspecified atom stereocenters. The van der Waals surface area contributed by atoms with E-state index in [9.17, 15) is 26.4 Å². The molecule has 1 saturated heterocycles. The molecule has 2 aromatic carbocycles. The number of nitriles is 1. The fraction of sp³-hybridized carbons (Fsp3) is 0.238. The number of halogens is 3. The lowest BCUT2D eigenvalue weighted by molar-refractivity contribution is -0.274. The number of piperazine rings is 1. The fourth-order valence-electron chi connectivity index (χ4n) is 3.05. The van der Waals surface area contributed by atoms with E-state index in [-0.39, 0.29) is 37.0 Å². The van der Waals surface area contributed by atoms with Crippen molar-refractivity contribution < 1.29 is 31.1 Å². The van der Waals surface area contributed by atoms with Crippen LogP contribution in [0.25, 0.3) is 6.08 Å². The van der Waals surface area contributed by atoms with Gasteiger partial charge in [0, 0.05) is 32.3 Å². The van der Waals surface area contributed by atoms with Crippen molar-refractivity contribution in [1.82, 2.24) is 9.21 Å². The van der Waals surface area contributed by atoms with Crippen LogP contribution in [0.15, 0.2) is 59.5 Å².